The minimum absolute atomic E-state index is 0.787. The molecule has 0 fully saturated rings. The molecule has 0 spiro atoms. The van der Waals surface area contributed by atoms with Crippen LogP contribution in [0.4, 0.5) is 0 Å². The van der Waals surface area contributed by atoms with Crippen molar-refractivity contribution in [2.24, 2.45) is 5.73 Å². The number of unbranched alkanes of at least 4 members (excludes halogenated alkanes) is 1. The van der Waals surface area contributed by atoms with Gasteiger partial charge >= 0.3 is 0 Å². The molecule has 1 rings (SSSR count). The average Bonchev–Trinajstić information content (AvgIpc) is 2.66. The fourth-order valence-electron chi connectivity index (χ4n) is 1.53. The Morgan fingerprint density at radius 2 is 2.33 bits per heavy atom. The summed E-state index contributed by atoms with van der Waals surface area (Å²) in [6, 6.07) is 2.07. The molecule has 0 amide bonds. The number of aromatic nitrogens is 2. The topological polar surface area (TPSA) is 55.9 Å². The van der Waals surface area contributed by atoms with E-state index in [2.05, 4.69) is 28.1 Å². The molecule has 4 nitrogen and oxygen atoms in total. The zero-order valence-corrected chi connectivity index (χ0v) is 9.58. The lowest BCUT2D eigenvalue weighted by Gasteiger charge is -2.07. The zero-order valence-electron chi connectivity index (χ0n) is 9.58. The molecule has 0 saturated heterocycles. The highest BCUT2D eigenvalue weighted by molar-refractivity contribution is 4.99. The Morgan fingerprint density at radius 3 is 3.07 bits per heavy atom. The number of rotatable bonds is 8. The van der Waals surface area contributed by atoms with Crippen LogP contribution < -0.4 is 11.1 Å². The monoisotopic (exact) mass is 210 g/mol. The molecule has 1 heterocycles. The highest BCUT2D eigenvalue weighted by Gasteiger charge is 1.99. The minimum atomic E-state index is 0.787. The van der Waals surface area contributed by atoms with E-state index in [1.54, 1.807) is 0 Å². The van der Waals surface area contributed by atoms with Crippen molar-refractivity contribution in [2.75, 3.05) is 13.1 Å². The second kappa shape index (κ2) is 7.43. The summed E-state index contributed by atoms with van der Waals surface area (Å²) in [6.45, 7) is 5.90. The number of nitrogens with zero attached hydrogens (tertiary/aromatic N) is 2. The van der Waals surface area contributed by atoms with E-state index in [0.29, 0.717) is 0 Å². The normalized spacial score (nSPS) is 10.8. The summed E-state index contributed by atoms with van der Waals surface area (Å²) in [5, 5.41) is 7.68. The van der Waals surface area contributed by atoms with Gasteiger partial charge in [-0.1, -0.05) is 6.92 Å². The van der Waals surface area contributed by atoms with Crippen LogP contribution in [0, 0.1) is 0 Å². The van der Waals surface area contributed by atoms with Crippen molar-refractivity contribution in [2.45, 2.75) is 39.3 Å². The van der Waals surface area contributed by atoms with Crippen LogP contribution in [-0.4, -0.2) is 22.9 Å². The summed E-state index contributed by atoms with van der Waals surface area (Å²) in [5.41, 5.74) is 6.70. The van der Waals surface area contributed by atoms with Gasteiger partial charge in [-0.05, 0) is 38.4 Å². The first-order valence-electron chi connectivity index (χ1n) is 5.80. The van der Waals surface area contributed by atoms with E-state index in [9.17, 15) is 0 Å². The molecule has 0 aliphatic heterocycles. The maximum absolute atomic E-state index is 5.43. The second-order valence-electron chi connectivity index (χ2n) is 3.72. The molecule has 0 bridgehead atoms. The molecule has 0 aromatic carbocycles. The first kappa shape index (κ1) is 12.2. The Balaban J connectivity index is 2.21. The number of hydrogen-bond acceptors (Lipinski definition) is 3. The van der Waals surface area contributed by atoms with Gasteiger partial charge in [-0.25, -0.2) is 0 Å². The van der Waals surface area contributed by atoms with E-state index in [-0.39, 0.29) is 0 Å². The average molecular weight is 210 g/mol. The molecular formula is C11H22N4. The van der Waals surface area contributed by atoms with Crippen LogP contribution in [0.25, 0.3) is 0 Å². The van der Waals surface area contributed by atoms with Crippen molar-refractivity contribution in [1.82, 2.24) is 15.1 Å². The molecule has 3 N–H and O–H groups in total. The van der Waals surface area contributed by atoms with E-state index in [4.69, 9.17) is 5.73 Å². The van der Waals surface area contributed by atoms with Gasteiger partial charge in [0.2, 0.25) is 0 Å². The van der Waals surface area contributed by atoms with Gasteiger partial charge in [0.05, 0.1) is 5.69 Å². The molecule has 0 unspecified atom stereocenters. The third kappa shape index (κ3) is 4.44. The lowest BCUT2D eigenvalue weighted by molar-refractivity contribution is 0.542. The first-order valence-corrected chi connectivity index (χ1v) is 5.80. The SMILES string of the molecule is CCCn1nccc1CNCCCCN. The van der Waals surface area contributed by atoms with Crippen LogP contribution in [0.3, 0.4) is 0 Å². The van der Waals surface area contributed by atoms with E-state index >= 15 is 0 Å². The van der Waals surface area contributed by atoms with Crippen molar-refractivity contribution < 1.29 is 0 Å². The summed E-state index contributed by atoms with van der Waals surface area (Å²) in [6.07, 6.45) is 5.24. The van der Waals surface area contributed by atoms with Crippen LogP contribution >= 0.6 is 0 Å². The molecular weight excluding hydrogens is 188 g/mol. The van der Waals surface area contributed by atoms with Gasteiger partial charge < -0.3 is 11.1 Å². The largest absolute Gasteiger partial charge is 0.330 e. The number of aryl methyl sites for hydroxylation is 1. The van der Waals surface area contributed by atoms with Crippen LogP contribution in [-0.2, 0) is 13.1 Å². The maximum Gasteiger partial charge on any atom is 0.0522 e. The molecule has 0 radical (unpaired) electrons. The van der Waals surface area contributed by atoms with E-state index in [1.165, 1.54) is 5.69 Å². The molecule has 0 atom stereocenters. The van der Waals surface area contributed by atoms with Gasteiger partial charge in [0.1, 0.15) is 0 Å². The molecule has 0 aliphatic carbocycles. The molecule has 1 aromatic rings. The number of hydrogen-bond donors (Lipinski definition) is 2. The third-order valence-corrected chi connectivity index (χ3v) is 2.35. The Kier molecular flexibility index (Phi) is 6.04. The Morgan fingerprint density at radius 1 is 1.47 bits per heavy atom. The van der Waals surface area contributed by atoms with Crippen molar-refractivity contribution in [3.05, 3.63) is 18.0 Å². The summed E-state index contributed by atoms with van der Waals surface area (Å²) in [5.74, 6) is 0. The fourth-order valence-corrected chi connectivity index (χ4v) is 1.53. The predicted octanol–water partition coefficient (Wildman–Crippen LogP) is 1.12. The standard InChI is InChI=1S/C11H22N4/c1-2-9-15-11(5-8-14-15)10-13-7-4-3-6-12/h5,8,13H,2-4,6-7,9-10,12H2,1H3. The molecule has 4 heteroatoms. The maximum atomic E-state index is 5.43. The van der Waals surface area contributed by atoms with Crippen molar-refractivity contribution in [3.8, 4) is 0 Å². The lowest BCUT2D eigenvalue weighted by atomic mass is 10.3. The summed E-state index contributed by atoms with van der Waals surface area (Å²) in [4.78, 5) is 0. The first-order chi connectivity index (χ1) is 7.38. The second-order valence-corrected chi connectivity index (χ2v) is 3.72. The number of nitrogens with two attached hydrogens (primary N) is 1. The van der Waals surface area contributed by atoms with Crippen LogP contribution in [0.2, 0.25) is 0 Å². The van der Waals surface area contributed by atoms with Crippen LogP contribution in [0.5, 0.6) is 0 Å². The molecule has 0 aliphatic rings. The highest BCUT2D eigenvalue weighted by Crippen LogP contribution is 1.99. The highest BCUT2D eigenvalue weighted by atomic mass is 15.3. The summed E-state index contributed by atoms with van der Waals surface area (Å²) in [7, 11) is 0. The van der Waals surface area contributed by atoms with Crippen molar-refractivity contribution >= 4 is 0 Å². The van der Waals surface area contributed by atoms with E-state index in [1.807, 2.05) is 6.20 Å². The van der Waals surface area contributed by atoms with E-state index in [0.717, 1.165) is 45.4 Å². The van der Waals surface area contributed by atoms with Gasteiger partial charge in [0.15, 0.2) is 0 Å². The quantitative estimate of drug-likeness (QED) is 0.632. The lowest BCUT2D eigenvalue weighted by Crippen LogP contribution is -2.18. The Hall–Kier alpha value is -0.870. The molecule has 0 saturated carbocycles. The van der Waals surface area contributed by atoms with Crippen LogP contribution in [0.1, 0.15) is 31.9 Å². The van der Waals surface area contributed by atoms with Gasteiger partial charge in [0, 0.05) is 19.3 Å². The van der Waals surface area contributed by atoms with Gasteiger partial charge in [-0.3, -0.25) is 4.68 Å². The molecule has 86 valence electrons. The molecule has 15 heavy (non-hydrogen) atoms. The minimum Gasteiger partial charge on any atom is -0.330 e. The fraction of sp³-hybridized carbons (Fsp3) is 0.727. The van der Waals surface area contributed by atoms with Gasteiger partial charge in [-0.15, -0.1) is 0 Å². The summed E-state index contributed by atoms with van der Waals surface area (Å²) >= 11 is 0. The van der Waals surface area contributed by atoms with Crippen molar-refractivity contribution in [1.29, 1.82) is 0 Å². The predicted molar refractivity (Wildman–Crippen MR) is 62.5 cm³/mol. The van der Waals surface area contributed by atoms with Crippen LogP contribution in [0.15, 0.2) is 12.3 Å². The number of nitrogens with one attached hydrogen (secondary N) is 1. The van der Waals surface area contributed by atoms with E-state index < -0.39 is 0 Å². The zero-order chi connectivity index (χ0) is 10.9. The Bertz CT molecular complexity index is 257. The van der Waals surface area contributed by atoms with Crippen molar-refractivity contribution in [3.63, 3.8) is 0 Å². The van der Waals surface area contributed by atoms with Gasteiger partial charge in [0.25, 0.3) is 0 Å². The Labute approximate surface area is 91.8 Å². The molecule has 1 aromatic heterocycles. The smallest absolute Gasteiger partial charge is 0.0522 e. The van der Waals surface area contributed by atoms with Gasteiger partial charge in [-0.2, -0.15) is 5.10 Å². The summed E-state index contributed by atoms with van der Waals surface area (Å²) < 4.78 is 2.07. The third-order valence-electron chi connectivity index (χ3n) is 2.35.